The van der Waals surface area contributed by atoms with E-state index in [1.807, 2.05) is 6.92 Å². The average molecular weight is 231 g/mol. The normalized spacial score (nSPS) is 22.6. The molecule has 3 nitrogen and oxygen atoms in total. The minimum absolute atomic E-state index is 0.00366. The number of alkyl halides is 1. The maximum Gasteiger partial charge on any atom is 0.315 e. The molecule has 2 N–H and O–H groups in total. The standard InChI is InChI=1S/C11H19ClN2O/c1-7(12)6-13-11(15)14-10(8-2-3-8)9-4-5-9/h7-10H,2-6H2,1H3,(H2,13,14,15). The third-order valence-electron chi connectivity index (χ3n) is 3.10. The van der Waals surface area contributed by atoms with Crippen molar-refractivity contribution in [1.29, 1.82) is 0 Å². The van der Waals surface area contributed by atoms with Crippen molar-refractivity contribution < 1.29 is 4.79 Å². The lowest BCUT2D eigenvalue weighted by Gasteiger charge is -2.18. The molecule has 0 aromatic rings. The van der Waals surface area contributed by atoms with Crippen LogP contribution in [0, 0.1) is 11.8 Å². The molecular weight excluding hydrogens is 212 g/mol. The van der Waals surface area contributed by atoms with Gasteiger partial charge in [-0.25, -0.2) is 4.79 Å². The number of halogens is 1. The maximum atomic E-state index is 11.5. The van der Waals surface area contributed by atoms with Gasteiger partial charge < -0.3 is 10.6 Å². The first-order valence-electron chi connectivity index (χ1n) is 5.85. The highest BCUT2D eigenvalue weighted by molar-refractivity contribution is 6.20. The summed E-state index contributed by atoms with van der Waals surface area (Å²) in [6.07, 6.45) is 5.14. The Labute approximate surface area is 95.9 Å². The molecule has 0 aromatic heterocycles. The summed E-state index contributed by atoms with van der Waals surface area (Å²) < 4.78 is 0. The fourth-order valence-corrected chi connectivity index (χ4v) is 2.04. The number of carbonyl (C=O) groups excluding carboxylic acids is 1. The zero-order valence-corrected chi connectivity index (χ0v) is 9.89. The van der Waals surface area contributed by atoms with Gasteiger partial charge in [0.2, 0.25) is 0 Å². The van der Waals surface area contributed by atoms with Gasteiger partial charge in [-0.15, -0.1) is 11.6 Å². The summed E-state index contributed by atoms with van der Waals surface area (Å²) in [4.78, 5) is 11.5. The Kier molecular flexibility index (Phi) is 3.39. The van der Waals surface area contributed by atoms with Crippen molar-refractivity contribution in [1.82, 2.24) is 10.6 Å². The quantitative estimate of drug-likeness (QED) is 0.698. The number of urea groups is 1. The number of amides is 2. The second kappa shape index (κ2) is 4.60. The van der Waals surface area contributed by atoms with Crippen molar-refractivity contribution in [3.63, 3.8) is 0 Å². The molecule has 2 aliphatic carbocycles. The van der Waals surface area contributed by atoms with Crippen molar-refractivity contribution in [2.24, 2.45) is 11.8 Å². The first kappa shape index (κ1) is 11.1. The summed E-state index contributed by atoms with van der Waals surface area (Å²) in [5.41, 5.74) is 0. The van der Waals surface area contributed by atoms with Gasteiger partial charge in [-0.2, -0.15) is 0 Å². The third-order valence-corrected chi connectivity index (χ3v) is 3.26. The van der Waals surface area contributed by atoms with E-state index in [4.69, 9.17) is 11.6 Å². The predicted octanol–water partition coefficient (Wildman–Crippen LogP) is 2.10. The maximum absolute atomic E-state index is 11.5. The monoisotopic (exact) mass is 230 g/mol. The zero-order chi connectivity index (χ0) is 10.8. The van der Waals surface area contributed by atoms with E-state index >= 15 is 0 Å². The van der Waals surface area contributed by atoms with Gasteiger partial charge >= 0.3 is 6.03 Å². The Morgan fingerprint density at radius 3 is 2.27 bits per heavy atom. The lowest BCUT2D eigenvalue weighted by molar-refractivity contribution is 0.233. The van der Waals surface area contributed by atoms with Gasteiger partial charge in [-0.3, -0.25) is 0 Å². The van der Waals surface area contributed by atoms with Crippen LogP contribution in [0.15, 0.2) is 0 Å². The number of rotatable bonds is 5. The van der Waals surface area contributed by atoms with E-state index in [-0.39, 0.29) is 11.4 Å². The fourth-order valence-electron chi connectivity index (χ4n) is 1.97. The summed E-state index contributed by atoms with van der Waals surface area (Å²) in [7, 11) is 0. The van der Waals surface area contributed by atoms with E-state index in [2.05, 4.69) is 10.6 Å². The smallest absolute Gasteiger partial charge is 0.315 e. The van der Waals surface area contributed by atoms with E-state index in [1.165, 1.54) is 25.7 Å². The molecule has 4 heteroatoms. The van der Waals surface area contributed by atoms with Crippen molar-refractivity contribution in [2.45, 2.75) is 44.0 Å². The number of hydrogen-bond acceptors (Lipinski definition) is 1. The molecule has 2 saturated carbocycles. The summed E-state index contributed by atoms with van der Waals surface area (Å²) in [5, 5.41) is 5.88. The van der Waals surface area contributed by atoms with Crippen LogP contribution in [0.1, 0.15) is 32.6 Å². The molecule has 1 unspecified atom stereocenters. The van der Waals surface area contributed by atoms with Crippen LogP contribution >= 0.6 is 11.6 Å². The molecule has 15 heavy (non-hydrogen) atoms. The summed E-state index contributed by atoms with van der Waals surface area (Å²) >= 11 is 5.77. The first-order chi connectivity index (χ1) is 7.16. The van der Waals surface area contributed by atoms with Crippen LogP contribution in [-0.2, 0) is 0 Å². The highest BCUT2D eigenvalue weighted by atomic mass is 35.5. The molecule has 0 bridgehead atoms. The van der Waals surface area contributed by atoms with Gasteiger partial charge in [0, 0.05) is 18.0 Å². The second-order valence-electron chi connectivity index (χ2n) is 4.84. The van der Waals surface area contributed by atoms with Crippen LogP contribution in [0.4, 0.5) is 4.79 Å². The van der Waals surface area contributed by atoms with Crippen molar-refractivity contribution in [2.75, 3.05) is 6.54 Å². The number of hydrogen-bond donors (Lipinski definition) is 2. The third kappa shape index (κ3) is 3.56. The molecule has 1 atom stereocenters. The number of carbonyl (C=O) groups is 1. The predicted molar refractivity (Wildman–Crippen MR) is 61.1 cm³/mol. The van der Waals surface area contributed by atoms with E-state index in [0.717, 1.165) is 11.8 Å². The first-order valence-corrected chi connectivity index (χ1v) is 6.29. The van der Waals surface area contributed by atoms with Gasteiger partial charge in [0.1, 0.15) is 0 Å². The topological polar surface area (TPSA) is 41.1 Å². The molecule has 0 heterocycles. The van der Waals surface area contributed by atoms with E-state index < -0.39 is 0 Å². The van der Waals surface area contributed by atoms with Gasteiger partial charge in [-0.05, 0) is 44.4 Å². The molecule has 86 valence electrons. The molecule has 0 aromatic carbocycles. The van der Waals surface area contributed by atoms with Crippen LogP contribution in [0.5, 0.6) is 0 Å². The molecule has 0 saturated heterocycles. The Morgan fingerprint density at radius 2 is 1.87 bits per heavy atom. The average Bonchev–Trinajstić information content (AvgIpc) is 3.02. The summed E-state index contributed by atoms with van der Waals surface area (Å²) in [6.45, 7) is 2.41. The van der Waals surface area contributed by atoms with Crippen molar-refractivity contribution in [3.05, 3.63) is 0 Å². The molecular formula is C11H19ClN2O. The SMILES string of the molecule is CC(Cl)CNC(=O)NC(C1CC1)C1CC1. The number of nitrogens with one attached hydrogen (secondary N) is 2. The fraction of sp³-hybridized carbons (Fsp3) is 0.909. The van der Waals surface area contributed by atoms with Gasteiger partial charge in [0.15, 0.2) is 0 Å². The molecule has 2 aliphatic rings. The van der Waals surface area contributed by atoms with E-state index in [1.54, 1.807) is 0 Å². The van der Waals surface area contributed by atoms with Crippen LogP contribution in [0.25, 0.3) is 0 Å². The summed E-state index contributed by atoms with van der Waals surface area (Å²) in [5.74, 6) is 1.49. The highest BCUT2D eigenvalue weighted by Crippen LogP contribution is 2.44. The van der Waals surface area contributed by atoms with Crippen LogP contribution in [0.3, 0.4) is 0 Å². The van der Waals surface area contributed by atoms with Crippen LogP contribution in [0.2, 0.25) is 0 Å². The van der Waals surface area contributed by atoms with Gasteiger partial charge in [0.05, 0.1) is 0 Å². The van der Waals surface area contributed by atoms with E-state index in [0.29, 0.717) is 12.6 Å². The highest BCUT2D eigenvalue weighted by Gasteiger charge is 2.42. The lowest BCUT2D eigenvalue weighted by Crippen LogP contribution is -2.45. The molecule has 2 amide bonds. The minimum atomic E-state index is -0.0497. The van der Waals surface area contributed by atoms with Gasteiger partial charge in [0.25, 0.3) is 0 Å². The Hall–Kier alpha value is -0.440. The minimum Gasteiger partial charge on any atom is -0.337 e. The largest absolute Gasteiger partial charge is 0.337 e. The molecule has 2 rings (SSSR count). The molecule has 0 spiro atoms. The van der Waals surface area contributed by atoms with Gasteiger partial charge in [-0.1, -0.05) is 0 Å². The van der Waals surface area contributed by atoms with Crippen LogP contribution < -0.4 is 10.6 Å². The second-order valence-corrected chi connectivity index (χ2v) is 5.58. The lowest BCUT2D eigenvalue weighted by atomic mass is 10.1. The van der Waals surface area contributed by atoms with E-state index in [9.17, 15) is 4.79 Å². The van der Waals surface area contributed by atoms with Crippen molar-refractivity contribution in [3.8, 4) is 0 Å². The molecule has 2 fully saturated rings. The Balaban J connectivity index is 1.71. The zero-order valence-electron chi connectivity index (χ0n) is 9.13. The van der Waals surface area contributed by atoms with Crippen LogP contribution in [-0.4, -0.2) is 24.0 Å². The van der Waals surface area contributed by atoms with Crippen molar-refractivity contribution >= 4 is 17.6 Å². The Morgan fingerprint density at radius 1 is 1.33 bits per heavy atom. The Bertz CT molecular complexity index is 225. The molecule has 0 radical (unpaired) electrons. The molecule has 0 aliphatic heterocycles. The summed E-state index contributed by atoms with van der Waals surface area (Å²) in [6, 6.07) is 0.377.